The molecule has 1 rings (SSSR count). The number of carbonyl (C=O) groups excluding carboxylic acids is 1. The van der Waals surface area contributed by atoms with Crippen molar-refractivity contribution < 1.29 is 9.53 Å². The van der Waals surface area contributed by atoms with Crippen LogP contribution in [0.5, 0.6) is 5.75 Å². The zero-order chi connectivity index (χ0) is 12.7. The van der Waals surface area contributed by atoms with Gasteiger partial charge >= 0.3 is 0 Å². The molecule has 4 nitrogen and oxygen atoms in total. The summed E-state index contributed by atoms with van der Waals surface area (Å²) in [7, 11) is 0. The molecule has 0 aromatic heterocycles. The number of amides is 1. The SMILES string of the molecule is CC(C)C=NNC(=O)COc1ccc(Br)cc1. The Hall–Kier alpha value is -1.36. The Labute approximate surface area is 109 Å². The zero-order valence-corrected chi connectivity index (χ0v) is 11.4. The summed E-state index contributed by atoms with van der Waals surface area (Å²) in [6.07, 6.45) is 1.66. The van der Waals surface area contributed by atoms with Crippen molar-refractivity contribution in [3.05, 3.63) is 28.7 Å². The second-order valence-electron chi connectivity index (χ2n) is 3.80. The Bertz CT molecular complexity index is 388. The van der Waals surface area contributed by atoms with Crippen molar-refractivity contribution in [2.45, 2.75) is 13.8 Å². The van der Waals surface area contributed by atoms with Crippen LogP contribution in [0.25, 0.3) is 0 Å². The summed E-state index contributed by atoms with van der Waals surface area (Å²) in [5, 5.41) is 3.79. The molecule has 1 amide bonds. The summed E-state index contributed by atoms with van der Waals surface area (Å²) >= 11 is 3.32. The molecule has 0 heterocycles. The minimum absolute atomic E-state index is 0.0446. The molecule has 0 saturated carbocycles. The van der Waals surface area contributed by atoms with Crippen molar-refractivity contribution in [1.82, 2.24) is 5.43 Å². The van der Waals surface area contributed by atoms with Gasteiger partial charge < -0.3 is 4.74 Å². The first-order valence-electron chi connectivity index (χ1n) is 5.28. The first-order chi connectivity index (χ1) is 8.08. The van der Waals surface area contributed by atoms with E-state index in [0.717, 1.165) is 4.47 Å². The lowest BCUT2D eigenvalue weighted by atomic mass is 10.3. The van der Waals surface area contributed by atoms with Gasteiger partial charge in [-0.2, -0.15) is 5.10 Å². The molecular weight excluding hydrogens is 284 g/mol. The van der Waals surface area contributed by atoms with E-state index in [2.05, 4.69) is 26.5 Å². The van der Waals surface area contributed by atoms with E-state index in [1.807, 2.05) is 26.0 Å². The number of hydrogen-bond donors (Lipinski definition) is 1. The Morgan fingerprint density at radius 2 is 2.12 bits per heavy atom. The van der Waals surface area contributed by atoms with Crippen molar-refractivity contribution in [3.8, 4) is 5.75 Å². The molecule has 0 aliphatic rings. The van der Waals surface area contributed by atoms with Gasteiger partial charge in [-0.1, -0.05) is 29.8 Å². The zero-order valence-electron chi connectivity index (χ0n) is 9.81. The van der Waals surface area contributed by atoms with Gasteiger partial charge in [0, 0.05) is 10.7 Å². The number of benzene rings is 1. The highest BCUT2D eigenvalue weighted by Gasteiger charge is 2.01. The molecule has 0 aliphatic carbocycles. The fourth-order valence-corrected chi connectivity index (χ4v) is 1.23. The summed E-state index contributed by atoms with van der Waals surface area (Å²) in [6.45, 7) is 3.92. The Morgan fingerprint density at radius 3 is 2.71 bits per heavy atom. The van der Waals surface area contributed by atoms with Crippen molar-refractivity contribution in [2.75, 3.05) is 6.61 Å². The number of hydrogen-bond acceptors (Lipinski definition) is 3. The second-order valence-corrected chi connectivity index (χ2v) is 4.72. The van der Waals surface area contributed by atoms with Gasteiger partial charge in [0.05, 0.1) is 0 Å². The normalized spacial score (nSPS) is 10.8. The van der Waals surface area contributed by atoms with Gasteiger partial charge in [-0.15, -0.1) is 0 Å². The van der Waals surface area contributed by atoms with Crippen molar-refractivity contribution in [2.24, 2.45) is 11.0 Å². The fraction of sp³-hybridized carbons (Fsp3) is 0.333. The van der Waals surface area contributed by atoms with E-state index in [0.29, 0.717) is 11.7 Å². The average Bonchev–Trinajstić information content (AvgIpc) is 2.28. The second kappa shape index (κ2) is 7.06. The van der Waals surface area contributed by atoms with E-state index in [4.69, 9.17) is 4.74 Å². The summed E-state index contributed by atoms with van der Waals surface area (Å²) < 4.78 is 6.24. The van der Waals surface area contributed by atoms with Crippen LogP contribution >= 0.6 is 15.9 Å². The lowest BCUT2D eigenvalue weighted by molar-refractivity contribution is -0.123. The van der Waals surface area contributed by atoms with E-state index >= 15 is 0 Å². The summed E-state index contributed by atoms with van der Waals surface area (Å²) in [5.41, 5.74) is 2.39. The Kier molecular flexibility index (Phi) is 5.69. The van der Waals surface area contributed by atoms with Crippen LogP contribution in [-0.2, 0) is 4.79 Å². The first-order valence-corrected chi connectivity index (χ1v) is 6.07. The van der Waals surface area contributed by atoms with Gasteiger partial charge in [0.2, 0.25) is 0 Å². The van der Waals surface area contributed by atoms with Crippen molar-refractivity contribution in [1.29, 1.82) is 0 Å². The first kappa shape index (κ1) is 13.7. The van der Waals surface area contributed by atoms with E-state index in [1.165, 1.54) is 0 Å². The largest absolute Gasteiger partial charge is 0.484 e. The molecule has 92 valence electrons. The molecule has 1 aromatic carbocycles. The molecule has 0 fully saturated rings. The van der Waals surface area contributed by atoms with Gasteiger partial charge in [-0.3, -0.25) is 4.79 Å². The molecule has 0 spiro atoms. The number of nitrogens with zero attached hydrogens (tertiary/aromatic N) is 1. The molecule has 0 saturated heterocycles. The molecule has 0 radical (unpaired) electrons. The molecule has 0 aliphatic heterocycles. The number of carbonyl (C=O) groups is 1. The monoisotopic (exact) mass is 298 g/mol. The fourth-order valence-electron chi connectivity index (χ4n) is 0.970. The third-order valence-electron chi connectivity index (χ3n) is 1.75. The van der Waals surface area contributed by atoms with Crippen LogP contribution in [-0.4, -0.2) is 18.7 Å². The molecule has 17 heavy (non-hydrogen) atoms. The molecule has 0 unspecified atom stereocenters. The lowest BCUT2D eigenvalue weighted by Gasteiger charge is -2.04. The number of ether oxygens (including phenoxy) is 1. The van der Waals surface area contributed by atoms with Gasteiger partial charge in [0.15, 0.2) is 6.61 Å². The highest BCUT2D eigenvalue weighted by Crippen LogP contribution is 2.15. The van der Waals surface area contributed by atoms with Gasteiger partial charge in [-0.05, 0) is 30.2 Å². The van der Waals surface area contributed by atoms with Crippen LogP contribution in [0, 0.1) is 5.92 Å². The van der Waals surface area contributed by atoms with Gasteiger partial charge in [0.1, 0.15) is 5.75 Å². The predicted octanol–water partition coefficient (Wildman–Crippen LogP) is 2.59. The van der Waals surface area contributed by atoms with Crippen LogP contribution < -0.4 is 10.2 Å². The van der Waals surface area contributed by atoms with Crippen molar-refractivity contribution in [3.63, 3.8) is 0 Å². The van der Waals surface area contributed by atoms with Crippen LogP contribution in [0.15, 0.2) is 33.8 Å². The molecule has 0 bridgehead atoms. The van der Waals surface area contributed by atoms with E-state index < -0.39 is 0 Å². The molecular formula is C12H15BrN2O2. The van der Waals surface area contributed by atoms with Crippen molar-refractivity contribution >= 4 is 28.1 Å². The van der Waals surface area contributed by atoms with Crippen LogP contribution in [0.4, 0.5) is 0 Å². The third-order valence-corrected chi connectivity index (χ3v) is 2.27. The summed E-state index contributed by atoms with van der Waals surface area (Å²) in [4.78, 5) is 11.3. The standard InChI is InChI=1S/C12H15BrN2O2/c1-9(2)7-14-15-12(16)8-17-11-5-3-10(13)4-6-11/h3-7,9H,8H2,1-2H3,(H,15,16). The topological polar surface area (TPSA) is 50.7 Å². The maximum absolute atomic E-state index is 11.3. The van der Waals surface area contributed by atoms with Crippen LogP contribution in [0.1, 0.15) is 13.8 Å². The quantitative estimate of drug-likeness (QED) is 0.671. The number of hydrazone groups is 1. The number of rotatable bonds is 5. The maximum atomic E-state index is 11.3. The predicted molar refractivity (Wildman–Crippen MR) is 71.1 cm³/mol. The van der Waals surface area contributed by atoms with Gasteiger partial charge in [0.25, 0.3) is 5.91 Å². The molecule has 1 N–H and O–H groups in total. The van der Waals surface area contributed by atoms with E-state index in [-0.39, 0.29) is 12.5 Å². The van der Waals surface area contributed by atoms with E-state index in [9.17, 15) is 4.79 Å². The Balaban J connectivity index is 2.31. The summed E-state index contributed by atoms with van der Waals surface area (Å²) in [5.74, 6) is 0.684. The third kappa shape index (κ3) is 6.06. The molecule has 0 atom stereocenters. The van der Waals surface area contributed by atoms with Gasteiger partial charge in [-0.25, -0.2) is 5.43 Å². The Morgan fingerprint density at radius 1 is 1.47 bits per heavy atom. The number of halogens is 1. The van der Waals surface area contributed by atoms with Crippen LogP contribution in [0.2, 0.25) is 0 Å². The lowest BCUT2D eigenvalue weighted by Crippen LogP contribution is -2.24. The highest BCUT2D eigenvalue weighted by atomic mass is 79.9. The maximum Gasteiger partial charge on any atom is 0.277 e. The average molecular weight is 299 g/mol. The van der Waals surface area contributed by atoms with Crippen LogP contribution in [0.3, 0.4) is 0 Å². The highest BCUT2D eigenvalue weighted by molar-refractivity contribution is 9.10. The minimum Gasteiger partial charge on any atom is -0.484 e. The smallest absolute Gasteiger partial charge is 0.277 e. The molecule has 1 aromatic rings. The minimum atomic E-state index is -0.273. The van der Waals surface area contributed by atoms with E-state index in [1.54, 1.807) is 18.3 Å². The molecule has 5 heteroatoms. The number of nitrogens with one attached hydrogen (secondary N) is 1. The summed E-state index contributed by atoms with van der Waals surface area (Å²) in [6, 6.07) is 7.28.